The average Bonchev–Trinajstić information content (AvgIpc) is 2.38. The van der Waals surface area contributed by atoms with Crippen molar-refractivity contribution < 1.29 is 4.21 Å². The summed E-state index contributed by atoms with van der Waals surface area (Å²) in [5.41, 5.74) is 1.40. The average molecular weight is 297 g/mol. The first-order chi connectivity index (χ1) is 8.98. The number of hydrogen-bond acceptors (Lipinski definition) is 3. The third kappa shape index (κ3) is 4.07. The van der Waals surface area contributed by atoms with Crippen molar-refractivity contribution in [1.29, 1.82) is 0 Å². The van der Waals surface area contributed by atoms with E-state index in [0.29, 0.717) is 6.04 Å². The highest BCUT2D eigenvalue weighted by Gasteiger charge is 2.22. The molecular weight excluding hydrogens is 274 g/mol. The smallest absolute Gasteiger partial charge is 0.0375 e. The number of hydrogen-bond donors (Lipinski definition) is 1. The van der Waals surface area contributed by atoms with Crippen molar-refractivity contribution in [3.63, 3.8) is 0 Å². The van der Waals surface area contributed by atoms with Crippen molar-refractivity contribution >= 4 is 22.6 Å². The van der Waals surface area contributed by atoms with Crippen LogP contribution in [0.25, 0.3) is 0 Å². The summed E-state index contributed by atoms with van der Waals surface area (Å²) >= 11 is 1.94. The molecule has 1 heterocycles. The lowest BCUT2D eigenvalue weighted by atomic mass is 10.0. The van der Waals surface area contributed by atoms with Gasteiger partial charge in [-0.3, -0.25) is 4.21 Å². The Hall–Kier alpha value is -0.320. The molecule has 0 aliphatic carbocycles. The minimum Gasteiger partial charge on any atom is -0.309 e. The highest BCUT2D eigenvalue weighted by Crippen LogP contribution is 2.35. The van der Waals surface area contributed by atoms with Crippen LogP contribution in [-0.2, 0) is 10.8 Å². The van der Waals surface area contributed by atoms with Crippen molar-refractivity contribution in [2.75, 3.05) is 18.1 Å². The van der Waals surface area contributed by atoms with Gasteiger partial charge in [-0.1, -0.05) is 18.2 Å². The predicted octanol–water partition coefficient (Wildman–Crippen LogP) is 3.36. The molecule has 1 aromatic rings. The Labute approximate surface area is 123 Å². The summed E-state index contributed by atoms with van der Waals surface area (Å²) in [4.78, 5) is 1.39. The van der Waals surface area contributed by atoms with Gasteiger partial charge in [0.25, 0.3) is 0 Å². The fraction of sp³-hybridized carbons (Fsp3) is 0.600. The molecule has 0 spiro atoms. The Kier molecular flexibility index (Phi) is 5.09. The zero-order valence-corrected chi connectivity index (χ0v) is 13.6. The summed E-state index contributed by atoms with van der Waals surface area (Å²) in [5, 5.41) is 3.57. The monoisotopic (exact) mass is 297 g/mol. The maximum absolute atomic E-state index is 12.0. The van der Waals surface area contributed by atoms with E-state index in [1.807, 2.05) is 32.5 Å². The second-order valence-corrected chi connectivity index (χ2v) is 9.30. The minimum absolute atomic E-state index is 0.109. The molecule has 4 heteroatoms. The van der Waals surface area contributed by atoms with Crippen molar-refractivity contribution in [1.82, 2.24) is 5.32 Å². The number of rotatable bonds is 4. The minimum atomic E-state index is -0.767. The molecule has 0 bridgehead atoms. The van der Waals surface area contributed by atoms with Crippen LogP contribution in [0.3, 0.4) is 0 Å². The van der Waals surface area contributed by atoms with Crippen LogP contribution in [-0.4, -0.2) is 27.0 Å². The fourth-order valence-corrected chi connectivity index (χ4v) is 4.23. The van der Waals surface area contributed by atoms with Crippen LogP contribution < -0.4 is 5.32 Å². The van der Waals surface area contributed by atoms with E-state index < -0.39 is 10.8 Å². The Bertz CT molecular complexity index is 454. The molecule has 106 valence electrons. The Balaban J connectivity index is 1.90. The molecule has 1 aliphatic heterocycles. The Morgan fingerprint density at radius 2 is 2.11 bits per heavy atom. The molecule has 0 fully saturated rings. The number of nitrogens with one attached hydrogen (secondary N) is 1. The summed E-state index contributed by atoms with van der Waals surface area (Å²) in [5.74, 6) is 1.90. The largest absolute Gasteiger partial charge is 0.309 e. The van der Waals surface area contributed by atoms with Gasteiger partial charge in [0.1, 0.15) is 0 Å². The van der Waals surface area contributed by atoms with E-state index in [-0.39, 0.29) is 4.75 Å². The lowest BCUT2D eigenvalue weighted by Crippen LogP contribution is -2.32. The summed E-state index contributed by atoms with van der Waals surface area (Å²) in [6, 6.07) is 9.03. The van der Waals surface area contributed by atoms with E-state index in [0.717, 1.165) is 24.5 Å². The van der Waals surface area contributed by atoms with Crippen LogP contribution in [0.4, 0.5) is 0 Å². The van der Waals surface area contributed by atoms with Crippen LogP contribution >= 0.6 is 11.8 Å². The molecule has 19 heavy (non-hydrogen) atoms. The van der Waals surface area contributed by atoms with Gasteiger partial charge < -0.3 is 5.32 Å². The van der Waals surface area contributed by atoms with Gasteiger partial charge in [0.15, 0.2) is 0 Å². The molecule has 0 amide bonds. The van der Waals surface area contributed by atoms with Crippen molar-refractivity contribution in [2.24, 2.45) is 0 Å². The zero-order valence-electron chi connectivity index (χ0n) is 11.9. The first kappa shape index (κ1) is 15.1. The lowest BCUT2D eigenvalue weighted by Gasteiger charge is -2.26. The topological polar surface area (TPSA) is 29.1 Å². The molecule has 0 radical (unpaired) electrons. The Morgan fingerprint density at radius 3 is 2.84 bits per heavy atom. The van der Waals surface area contributed by atoms with E-state index >= 15 is 0 Å². The van der Waals surface area contributed by atoms with Gasteiger partial charge >= 0.3 is 0 Å². The molecule has 2 nitrogen and oxygen atoms in total. The Morgan fingerprint density at radius 1 is 1.37 bits per heavy atom. The normalized spacial score (nSPS) is 20.9. The van der Waals surface area contributed by atoms with Gasteiger partial charge in [0.2, 0.25) is 0 Å². The van der Waals surface area contributed by atoms with Crippen LogP contribution in [0.5, 0.6) is 0 Å². The molecule has 0 unspecified atom stereocenters. The van der Waals surface area contributed by atoms with E-state index in [1.165, 1.54) is 10.5 Å². The molecule has 0 saturated carbocycles. The van der Waals surface area contributed by atoms with Crippen molar-refractivity contribution in [2.45, 2.75) is 42.9 Å². The summed E-state index contributed by atoms with van der Waals surface area (Å²) in [6.45, 7) is 6.94. The van der Waals surface area contributed by atoms with Gasteiger partial charge in [0, 0.05) is 38.8 Å². The van der Waals surface area contributed by atoms with E-state index in [2.05, 4.69) is 29.6 Å². The maximum Gasteiger partial charge on any atom is 0.0375 e. The van der Waals surface area contributed by atoms with Crippen LogP contribution in [0.1, 0.15) is 38.8 Å². The lowest BCUT2D eigenvalue weighted by molar-refractivity contribution is 0.526. The fourth-order valence-electron chi connectivity index (χ4n) is 2.19. The second-order valence-electron chi connectivity index (χ2n) is 5.84. The highest BCUT2D eigenvalue weighted by molar-refractivity contribution is 7.99. The van der Waals surface area contributed by atoms with Crippen molar-refractivity contribution in [3.05, 3.63) is 29.8 Å². The number of fused-ring (bicyclic) bond motifs is 1. The summed E-state index contributed by atoms with van der Waals surface area (Å²) < 4.78 is 11.9. The summed E-state index contributed by atoms with van der Waals surface area (Å²) in [7, 11) is -0.767. The van der Waals surface area contributed by atoms with Crippen LogP contribution in [0, 0.1) is 0 Å². The van der Waals surface area contributed by atoms with Gasteiger partial charge in [-0.2, -0.15) is 0 Å². The maximum atomic E-state index is 12.0. The van der Waals surface area contributed by atoms with Gasteiger partial charge in [-0.15, -0.1) is 11.8 Å². The first-order valence-electron chi connectivity index (χ1n) is 6.82. The third-order valence-electron chi connectivity index (χ3n) is 3.32. The van der Waals surface area contributed by atoms with Crippen LogP contribution in [0.15, 0.2) is 29.2 Å². The molecular formula is C15H23NOS2. The SMILES string of the molecule is CC(C)(C)[S@](=O)CCN[C@H]1CCSc2ccccc21. The van der Waals surface area contributed by atoms with Gasteiger partial charge in [-0.25, -0.2) is 0 Å². The van der Waals surface area contributed by atoms with Crippen LogP contribution in [0.2, 0.25) is 0 Å². The van der Waals surface area contributed by atoms with Gasteiger partial charge in [0.05, 0.1) is 0 Å². The first-order valence-corrected chi connectivity index (χ1v) is 9.12. The molecule has 1 N–H and O–H groups in total. The predicted molar refractivity (Wildman–Crippen MR) is 85.3 cm³/mol. The van der Waals surface area contributed by atoms with Gasteiger partial charge in [-0.05, 0) is 44.6 Å². The molecule has 2 atom stereocenters. The van der Waals surface area contributed by atoms with Crippen molar-refractivity contribution in [3.8, 4) is 0 Å². The number of benzene rings is 1. The third-order valence-corrected chi connectivity index (χ3v) is 6.38. The standard InChI is InChI=1S/C15H23NOS2/c1-15(2,3)19(17)11-9-16-13-8-10-18-14-7-5-4-6-12(13)14/h4-7,13,16H,8-11H2,1-3H3/t13-,19+/m0/s1. The molecule has 0 aromatic heterocycles. The highest BCUT2D eigenvalue weighted by atomic mass is 32.2. The van der Waals surface area contributed by atoms with E-state index in [9.17, 15) is 4.21 Å². The molecule has 2 rings (SSSR count). The molecule has 0 saturated heterocycles. The number of thioether (sulfide) groups is 1. The van der Waals surface area contributed by atoms with E-state index in [4.69, 9.17) is 0 Å². The summed E-state index contributed by atoms with van der Waals surface area (Å²) in [6.07, 6.45) is 1.16. The molecule has 1 aliphatic rings. The molecule has 1 aromatic carbocycles. The second kappa shape index (κ2) is 6.42. The zero-order chi connectivity index (χ0) is 13.9. The quantitative estimate of drug-likeness (QED) is 0.924. The van der Waals surface area contributed by atoms with E-state index in [1.54, 1.807) is 0 Å².